The lowest BCUT2D eigenvalue weighted by Crippen LogP contribution is -2.74. The molecule has 0 radical (unpaired) electrons. The van der Waals surface area contributed by atoms with Gasteiger partial charge in [-0.3, -0.25) is 0 Å². The molecule has 0 atom stereocenters. The molecule has 2 nitrogen and oxygen atoms in total. The van der Waals surface area contributed by atoms with Gasteiger partial charge in [-0.2, -0.15) is 0 Å². The van der Waals surface area contributed by atoms with E-state index < -0.39 is 8.07 Å². The van der Waals surface area contributed by atoms with E-state index in [-0.39, 0.29) is 0 Å². The zero-order valence-electron chi connectivity index (χ0n) is 32.1. The van der Waals surface area contributed by atoms with E-state index >= 15 is 0 Å². The number of aromatic nitrogens is 2. The van der Waals surface area contributed by atoms with Crippen molar-refractivity contribution in [2.24, 2.45) is 0 Å². The van der Waals surface area contributed by atoms with Crippen molar-refractivity contribution in [2.45, 2.75) is 12.8 Å². The number of pyridine rings is 1. The molecule has 1 aliphatic rings. The molecule has 0 fully saturated rings. The van der Waals surface area contributed by atoms with Gasteiger partial charge in [-0.15, -0.1) is 0 Å². The quantitative estimate of drug-likeness (QED) is 0.117. The molecule has 0 N–H and O–H groups in total. The van der Waals surface area contributed by atoms with Crippen molar-refractivity contribution in [1.82, 2.24) is 9.55 Å². The predicted octanol–water partition coefficient (Wildman–Crippen LogP) is 10.7. The van der Waals surface area contributed by atoms with Gasteiger partial charge < -0.3 is 4.57 Å². The van der Waals surface area contributed by atoms with Gasteiger partial charge in [0, 0.05) is 21.9 Å². The molecule has 0 bridgehead atoms. The molecular weight excluding hydrogens is 717 g/mol. The van der Waals surface area contributed by atoms with Crippen molar-refractivity contribution in [3.63, 3.8) is 0 Å². The van der Waals surface area contributed by atoms with Crippen LogP contribution < -0.4 is 20.7 Å². The van der Waals surface area contributed by atoms with Crippen LogP contribution in [0, 0.1) is 0 Å². The second-order valence-corrected chi connectivity index (χ2v) is 19.2. The fraction of sp³-hybridized carbons (Fsp3) is 0.0364. The van der Waals surface area contributed by atoms with Crippen LogP contribution in [0.4, 0.5) is 0 Å². The Kier molecular flexibility index (Phi) is 8.34. The van der Waals surface area contributed by atoms with Crippen molar-refractivity contribution in [3.05, 3.63) is 230 Å². The minimum absolute atomic E-state index is 0.949. The number of para-hydroxylation sites is 1. The number of hydrogen-bond donors (Lipinski definition) is 0. The number of fused-ring (bicyclic) bond motifs is 7. The third-order valence-corrected chi connectivity index (χ3v) is 17.0. The first kappa shape index (κ1) is 34.2. The van der Waals surface area contributed by atoms with Gasteiger partial charge in [0.15, 0.2) is 8.07 Å². The van der Waals surface area contributed by atoms with E-state index in [2.05, 4.69) is 223 Å². The lowest BCUT2D eigenvalue weighted by molar-refractivity contribution is 0.945. The van der Waals surface area contributed by atoms with Gasteiger partial charge in [0.1, 0.15) is 0 Å². The Morgan fingerprint density at radius 2 is 0.931 bits per heavy atom. The highest BCUT2D eigenvalue weighted by atomic mass is 28.3. The maximum Gasteiger partial charge on any atom is 0.179 e. The van der Waals surface area contributed by atoms with Gasteiger partial charge >= 0.3 is 0 Å². The summed E-state index contributed by atoms with van der Waals surface area (Å²) in [6, 6.07) is 80.5. The average molecular weight is 757 g/mol. The number of benzene rings is 8. The normalized spacial score (nSPS) is 12.3. The summed E-state index contributed by atoms with van der Waals surface area (Å²) in [5.41, 5.74) is 13.2. The summed E-state index contributed by atoms with van der Waals surface area (Å²) in [7, 11) is -2.76. The van der Waals surface area contributed by atoms with E-state index in [1.807, 2.05) is 0 Å². The van der Waals surface area contributed by atoms with Crippen molar-refractivity contribution in [1.29, 1.82) is 0 Å². The Balaban J connectivity index is 1.18. The molecule has 2 heterocycles. The van der Waals surface area contributed by atoms with E-state index in [0.29, 0.717) is 0 Å². The standard InChI is InChI=1S/C55H40N2Si/c1-5-19-40(20-6-1)50-37-43(57-52-31-16-15-30-49(52)55-53(57)35-34-41-33-32-39-18-13-14-29-48(39)54(41)55)38-51(56-50)42-21-17-28-47(36-42)58(44-22-7-2-8-23-44,45-24-9-3-10-25-45)46-26-11-4-12-27-46/h1-31,34-38H,32-33H2. The highest BCUT2D eigenvalue weighted by molar-refractivity contribution is 7.19. The number of hydrogen-bond acceptors (Lipinski definition) is 1. The van der Waals surface area contributed by atoms with Crippen LogP contribution in [0.5, 0.6) is 0 Å². The molecule has 0 saturated heterocycles. The summed E-state index contributed by atoms with van der Waals surface area (Å²) < 4.78 is 2.47. The Labute approximate surface area is 340 Å². The highest BCUT2D eigenvalue weighted by Crippen LogP contribution is 2.44. The van der Waals surface area contributed by atoms with Gasteiger partial charge in [-0.05, 0) is 80.1 Å². The molecule has 0 saturated carbocycles. The monoisotopic (exact) mass is 756 g/mol. The molecule has 0 aliphatic heterocycles. The van der Waals surface area contributed by atoms with E-state index in [0.717, 1.165) is 41.0 Å². The molecule has 1 aliphatic carbocycles. The van der Waals surface area contributed by atoms with Gasteiger partial charge in [0.25, 0.3) is 0 Å². The van der Waals surface area contributed by atoms with Crippen molar-refractivity contribution >= 4 is 50.6 Å². The van der Waals surface area contributed by atoms with Crippen LogP contribution in [-0.4, -0.2) is 17.6 Å². The van der Waals surface area contributed by atoms with E-state index in [4.69, 9.17) is 4.98 Å². The Hall–Kier alpha value is -7.07. The number of aryl methyl sites for hydroxylation is 2. The van der Waals surface area contributed by atoms with Crippen LogP contribution in [0.2, 0.25) is 0 Å². The summed E-state index contributed by atoms with van der Waals surface area (Å²) in [5, 5.41) is 7.98. The van der Waals surface area contributed by atoms with E-state index in [9.17, 15) is 0 Å². The first-order valence-corrected chi connectivity index (χ1v) is 22.3. The second-order valence-electron chi connectivity index (χ2n) is 15.4. The highest BCUT2D eigenvalue weighted by Gasteiger charge is 2.41. The fourth-order valence-electron chi connectivity index (χ4n) is 9.68. The molecule has 3 heteroatoms. The van der Waals surface area contributed by atoms with Crippen LogP contribution >= 0.6 is 0 Å². The van der Waals surface area contributed by atoms with Crippen molar-refractivity contribution in [2.75, 3.05) is 0 Å². The Bertz CT molecular complexity index is 3000. The lowest BCUT2D eigenvalue weighted by Gasteiger charge is -2.34. The molecule has 0 spiro atoms. The molecular formula is C55H40N2Si. The first-order chi connectivity index (χ1) is 28.8. The minimum Gasteiger partial charge on any atom is -0.309 e. The van der Waals surface area contributed by atoms with Gasteiger partial charge in [0.2, 0.25) is 0 Å². The smallest absolute Gasteiger partial charge is 0.179 e. The molecule has 274 valence electrons. The topological polar surface area (TPSA) is 17.8 Å². The molecule has 11 rings (SSSR count). The summed E-state index contributed by atoms with van der Waals surface area (Å²) in [6.45, 7) is 0. The summed E-state index contributed by atoms with van der Waals surface area (Å²) in [4.78, 5) is 5.49. The average Bonchev–Trinajstić information content (AvgIpc) is 3.65. The number of nitrogens with zero attached hydrogens (tertiary/aromatic N) is 2. The molecule has 0 unspecified atom stereocenters. The first-order valence-electron chi connectivity index (χ1n) is 20.3. The van der Waals surface area contributed by atoms with Crippen LogP contribution in [0.25, 0.3) is 61.1 Å². The zero-order chi connectivity index (χ0) is 38.5. The second kappa shape index (κ2) is 14.1. The predicted molar refractivity (Wildman–Crippen MR) is 246 cm³/mol. The maximum absolute atomic E-state index is 5.49. The molecule has 2 aromatic heterocycles. The minimum atomic E-state index is -2.76. The van der Waals surface area contributed by atoms with Crippen molar-refractivity contribution in [3.8, 4) is 39.3 Å². The fourth-order valence-corrected chi connectivity index (χ4v) is 14.5. The largest absolute Gasteiger partial charge is 0.309 e. The Morgan fingerprint density at radius 1 is 0.397 bits per heavy atom. The number of rotatable bonds is 7. The zero-order valence-corrected chi connectivity index (χ0v) is 33.1. The summed E-state index contributed by atoms with van der Waals surface area (Å²) in [6.07, 6.45) is 2.12. The SMILES string of the molecule is c1ccc(-c2cc(-n3c4ccccc4c4c5c(ccc43)CCc3ccccc3-5)cc(-c3cccc([Si](c4ccccc4)(c4ccccc4)c4ccccc4)c3)n2)cc1. The van der Waals surface area contributed by atoms with Crippen LogP contribution in [-0.2, 0) is 12.8 Å². The third kappa shape index (κ3) is 5.50. The Morgan fingerprint density at radius 3 is 1.62 bits per heavy atom. The van der Waals surface area contributed by atoms with Crippen LogP contribution in [0.1, 0.15) is 11.1 Å². The van der Waals surface area contributed by atoms with Crippen LogP contribution in [0.3, 0.4) is 0 Å². The lowest BCUT2D eigenvalue weighted by atomic mass is 9.83. The van der Waals surface area contributed by atoms with Gasteiger partial charge in [-0.1, -0.05) is 194 Å². The summed E-state index contributed by atoms with van der Waals surface area (Å²) in [5.74, 6) is 0. The maximum atomic E-state index is 5.49. The molecule has 0 amide bonds. The van der Waals surface area contributed by atoms with E-state index in [1.165, 1.54) is 64.8 Å². The van der Waals surface area contributed by atoms with Crippen molar-refractivity contribution < 1.29 is 0 Å². The third-order valence-electron chi connectivity index (χ3n) is 12.2. The van der Waals surface area contributed by atoms with E-state index in [1.54, 1.807) is 0 Å². The molecule has 8 aromatic carbocycles. The molecule has 10 aromatic rings. The van der Waals surface area contributed by atoms with Gasteiger partial charge in [0.05, 0.1) is 28.1 Å². The summed E-state index contributed by atoms with van der Waals surface area (Å²) >= 11 is 0. The van der Waals surface area contributed by atoms with Gasteiger partial charge in [-0.25, -0.2) is 4.98 Å². The van der Waals surface area contributed by atoms with Crippen LogP contribution in [0.15, 0.2) is 218 Å². The molecule has 58 heavy (non-hydrogen) atoms.